The van der Waals surface area contributed by atoms with Crippen LogP contribution in [0.2, 0.25) is 0 Å². The molecular weight excluding hydrogens is 206 g/mol. The number of rotatable bonds is 2. The van der Waals surface area contributed by atoms with Crippen molar-refractivity contribution in [3.05, 3.63) is 34.9 Å². The maximum atomic E-state index is 11.2. The first-order valence-corrected chi connectivity index (χ1v) is 4.93. The Morgan fingerprint density at radius 1 is 1.44 bits per heavy atom. The van der Waals surface area contributed by atoms with E-state index in [9.17, 15) is 9.59 Å². The Labute approximate surface area is 92.7 Å². The van der Waals surface area contributed by atoms with Crippen molar-refractivity contribution in [1.29, 1.82) is 0 Å². The van der Waals surface area contributed by atoms with E-state index in [2.05, 4.69) is 0 Å². The van der Waals surface area contributed by atoms with Crippen LogP contribution in [0.1, 0.15) is 22.3 Å². The summed E-state index contributed by atoms with van der Waals surface area (Å²) in [6, 6.07) is 5.12. The monoisotopic (exact) mass is 217 g/mol. The van der Waals surface area contributed by atoms with Crippen LogP contribution in [0.15, 0.2) is 23.8 Å². The van der Waals surface area contributed by atoms with Gasteiger partial charge in [-0.2, -0.15) is 0 Å². The second-order valence-electron chi connectivity index (χ2n) is 3.52. The SMILES string of the molecule is NC(=O)c1cccc2c1OCCC(C=O)=C2. The number of hydrogen-bond acceptors (Lipinski definition) is 3. The molecule has 1 amide bonds. The van der Waals surface area contributed by atoms with Crippen molar-refractivity contribution >= 4 is 18.3 Å². The summed E-state index contributed by atoms with van der Waals surface area (Å²) in [4.78, 5) is 21.9. The van der Waals surface area contributed by atoms with Crippen molar-refractivity contribution in [3.63, 3.8) is 0 Å². The summed E-state index contributed by atoms with van der Waals surface area (Å²) in [5.74, 6) is -0.0633. The summed E-state index contributed by atoms with van der Waals surface area (Å²) in [6.07, 6.45) is 3.06. The number of para-hydroxylation sites is 1. The Bertz CT molecular complexity index is 477. The van der Waals surface area contributed by atoms with Gasteiger partial charge in [0.05, 0.1) is 12.2 Å². The minimum absolute atomic E-state index is 0.348. The summed E-state index contributed by atoms with van der Waals surface area (Å²) in [6.45, 7) is 0.377. The molecule has 0 fully saturated rings. The van der Waals surface area contributed by atoms with Crippen LogP contribution in [0.25, 0.3) is 6.08 Å². The van der Waals surface area contributed by atoms with Crippen molar-refractivity contribution in [2.24, 2.45) is 5.73 Å². The van der Waals surface area contributed by atoms with Gasteiger partial charge >= 0.3 is 0 Å². The standard InChI is InChI=1S/C12H11NO3/c13-12(15)10-3-1-2-9-6-8(7-14)4-5-16-11(9)10/h1-3,6-7H,4-5H2,(H2,13,15). The molecule has 0 radical (unpaired) electrons. The molecule has 0 aliphatic carbocycles. The lowest BCUT2D eigenvalue weighted by Gasteiger charge is -2.09. The van der Waals surface area contributed by atoms with Gasteiger partial charge in [-0.05, 0) is 17.7 Å². The molecule has 16 heavy (non-hydrogen) atoms. The van der Waals surface area contributed by atoms with Crippen LogP contribution in [0, 0.1) is 0 Å². The van der Waals surface area contributed by atoms with E-state index in [1.807, 2.05) is 0 Å². The van der Waals surface area contributed by atoms with Gasteiger partial charge in [0.15, 0.2) is 0 Å². The molecule has 2 rings (SSSR count). The zero-order valence-corrected chi connectivity index (χ0v) is 8.60. The summed E-state index contributed by atoms with van der Waals surface area (Å²) in [5.41, 5.74) is 6.97. The average Bonchev–Trinajstić information content (AvgIpc) is 2.49. The molecule has 0 aromatic heterocycles. The maximum Gasteiger partial charge on any atom is 0.252 e. The van der Waals surface area contributed by atoms with Crippen LogP contribution in [0.3, 0.4) is 0 Å². The maximum absolute atomic E-state index is 11.2. The van der Waals surface area contributed by atoms with Gasteiger partial charge in [0.2, 0.25) is 0 Å². The van der Waals surface area contributed by atoms with Gasteiger partial charge in [0.1, 0.15) is 12.0 Å². The van der Waals surface area contributed by atoms with Gasteiger partial charge in [-0.25, -0.2) is 0 Å². The van der Waals surface area contributed by atoms with Crippen LogP contribution in [0.5, 0.6) is 5.75 Å². The molecule has 0 bridgehead atoms. The summed E-state index contributed by atoms with van der Waals surface area (Å²) in [5, 5.41) is 0. The first-order valence-electron chi connectivity index (χ1n) is 4.93. The van der Waals surface area contributed by atoms with E-state index in [-0.39, 0.29) is 0 Å². The number of carbonyl (C=O) groups excluding carboxylic acids is 2. The molecule has 0 unspecified atom stereocenters. The van der Waals surface area contributed by atoms with E-state index >= 15 is 0 Å². The van der Waals surface area contributed by atoms with Crippen LogP contribution >= 0.6 is 0 Å². The molecular formula is C12H11NO3. The second-order valence-corrected chi connectivity index (χ2v) is 3.52. The normalized spacial score (nSPS) is 14.1. The van der Waals surface area contributed by atoms with Crippen molar-refractivity contribution in [3.8, 4) is 5.75 Å². The highest BCUT2D eigenvalue weighted by atomic mass is 16.5. The minimum atomic E-state index is -0.528. The van der Waals surface area contributed by atoms with E-state index < -0.39 is 5.91 Å². The molecule has 4 nitrogen and oxygen atoms in total. The lowest BCUT2D eigenvalue weighted by Crippen LogP contribution is -2.13. The highest BCUT2D eigenvalue weighted by Gasteiger charge is 2.15. The van der Waals surface area contributed by atoms with E-state index in [1.54, 1.807) is 24.3 Å². The lowest BCUT2D eigenvalue weighted by atomic mass is 10.1. The number of amides is 1. The van der Waals surface area contributed by atoms with Crippen molar-refractivity contribution in [1.82, 2.24) is 0 Å². The van der Waals surface area contributed by atoms with Crippen molar-refractivity contribution in [2.75, 3.05) is 6.61 Å². The molecule has 82 valence electrons. The third-order valence-corrected chi connectivity index (χ3v) is 2.44. The molecule has 0 atom stereocenters. The van der Waals surface area contributed by atoms with Crippen LogP contribution in [0.4, 0.5) is 0 Å². The van der Waals surface area contributed by atoms with E-state index in [1.165, 1.54) is 0 Å². The smallest absolute Gasteiger partial charge is 0.252 e. The number of carbonyl (C=O) groups is 2. The molecule has 0 spiro atoms. The first-order chi connectivity index (χ1) is 7.72. The fourth-order valence-electron chi connectivity index (χ4n) is 1.66. The van der Waals surface area contributed by atoms with E-state index in [0.717, 1.165) is 11.8 Å². The number of nitrogens with two attached hydrogens (primary N) is 1. The van der Waals surface area contributed by atoms with Gasteiger partial charge in [0.25, 0.3) is 5.91 Å². The van der Waals surface area contributed by atoms with Gasteiger partial charge in [-0.1, -0.05) is 12.1 Å². The Morgan fingerprint density at radius 2 is 2.25 bits per heavy atom. The summed E-state index contributed by atoms with van der Waals surface area (Å²) >= 11 is 0. The third-order valence-electron chi connectivity index (χ3n) is 2.44. The molecule has 1 aromatic carbocycles. The molecule has 4 heteroatoms. The van der Waals surface area contributed by atoms with E-state index in [0.29, 0.717) is 29.9 Å². The molecule has 0 saturated carbocycles. The van der Waals surface area contributed by atoms with E-state index in [4.69, 9.17) is 10.5 Å². The molecule has 0 saturated heterocycles. The van der Waals surface area contributed by atoms with Crippen molar-refractivity contribution in [2.45, 2.75) is 6.42 Å². The zero-order valence-electron chi connectivity index (χ0n) is 8.60. The Balaban J connectivity index is 2.56. The Morgan fingerprint density at radius 3 is 2.94 bits per heavy atom. The lowest BCUT2D eigenvalue weighted by molar-refractivity contribution is -0.105. The average molecular weight is 217 g/mol. The van der Waals surface area contributed by atoms with Crippen LogP contribution in [-0.4, -0.2) is 18.8 Å². The van der Waals surface area contributed by atoms with Gasteiger partial charge in [0, 0.05) is 12.0 Å². The number of hydrogen-bond donors (Lipinski definition) is 1. The number of aldehydes is 1. The number of primary amides is 1. The highest BCUT2D eigenvalue weighted by Crippen LogP contribution is 2.28. The Hall–Kier alpha value is -2.10. The zero-order chi connectivity index (χ0) is 11.5. The summed E-state index contributed by atoms with van der Waals surface area (Å²) in [7, 11) is 0. The topological polar surface area (TPSA) is 69.4 Å². The fraction of sp³-hybridized carbons (Fsp3) is 0.167. The fourth-order valence-corrected chi connectivity index (χ4v) is 1.66. The number of ether oxygens (including phenoxy) is 1. The first kappa shape index (κ1) is 10.4. The third kappa shape index (κ3) is 1.82. The predicted molar refractivity (Wildman–Crippen MR) is 59.1 cm³/mol. The quantitative estimate of drug-likeness (QED) is 0.755. The number of benzene rings is 1. The van der Waals surface area contributed by atoms with Gasteiger partial charge in [-0.3, -0.25) is 9.59 Å². The molecule has 1 aromatic rings. The second kappa shape index (κ2) is 4.18. The molecule has 1 aliphatic heterocycles. The molecule has 2 N–H and O–H groups in total. The van der Waals surface area contributed by atoms with Crippen LogP contribution in [-0.2, 0) is 4.79 Å². The molecule has 1 aliphatic rings. The van der Waals surface area contributed by atoms with Crippen molar-refractivity contribution < 1.29 is 14.3 Å². The Kier molecular flexibility index (Phi) is 2.72. The predicted octanol–water partition coefficient (Wildman–Crippen LogP) is 1.15. The van der Waals surface area contributed by atoms with Gasteiger partial charge < -0.3 is 10.5 Å². The molecule has 1 heterocycles. The van der Waals surface area contributed by atoms with Crippen LogP contribution < -0.4 is 10.5 Å². The largest absolute Gasteiger partial charge is 0.492 e. The highest BCUT2D eigenvalue weighted by molar-refractivity contribution is 5.97. The summed E-state index contributed by atoms with van der Waals surface area (Å²) < 4.78 is 5.46. The number of fused-ring (bicyclic) bond motifs is 1. The minimum Gasteiger partial charge on any atom is -0.492 e. The van der Waals surface area contributed by atoms with Gasteiger partial charge in [-0.15, -0.1) is 0 Å².